The maximum absolute atomic E-state index is 12.7. The molecule has 2 aromatic rings. The SMILES string of the molecule is N#CC(c1ccc(C(F)(F)F)cc1)C1C=Cc2c([nH]o[n+]2=O)C1=[N+]([O-])[O-]. The van der Waals surface area contributed by atoms with E-state index in [4.69, 9.17) is 0 Å². The maximum atomic E-state index is 12.7. The number of halogens is 3. The Bertz CT molecular complexity index is 992. The summed E-state index contributed by atoms with van der Waals surface area (Å²) < 4.78 is 42.5. The molecule has 0 saturated carbocycles. The lowest BCUT2D eigenvalue weighted by Gasteiger charge is -2.21. The molecular weight excluding hydrogens is 357 g/mol. The number of allylic oxidation sites excluding steroid dienone is 1. The highest BCUT2D eigenvalue weighted by Crippen LogP contribution is 2.34. The minimum Gasteiger partial charge on any atom is -0.612 e. The molecule has 3 rings (SSSR count). The molecule has 1 aliphatic carbocycles. The lowest BCUT2D eigenvalue weighted by Crippen LogP contribution is -2.31. The highest BCUT2D eigenvalue weighted by Gasteiger charge is 2.42. The minimum atomic E-state index is -4.54. The summed E-state index contributed by atoms with van der Waals surface area (Å²) in [6.07, 6.45) is -2.00. The molecule has 0 spiro atoms. The van der Waals surface area contributed by atoms with Crippen LogP contribution in [0.1, 0.15) is 28.4 Å². The highest BCUT2D eigenvalue weighted by molar-refractivity contribution is 6.03. The first-order valence-corrected chi connectivity index (χ1v) is 7.15. The Kier molecular flexibility index (Phi) is 4.03. The van der Waals surface area contributed by atoms with E-state index >= 15 is 0 Å². The van der Waals surface area contributed by atoms with Crippen molar-refractivity contribution in [3.8, 4) is 6.07 Å². The molecule has 0 bridgehead atoms. The van der Waals surface area contributed by atoms with Gasteiger partial charge in [-0.15, -0.1) is 0 Å². The number of nitrogens with one attached hydrogen (secondary N) is 1. The number of fused-ring (bicyclic) bond motifs is 1. The summed E-state index contributed by atoms with van der Waals surface area (Å²) >= 11 is 0. The van der Waals surface area contributed by atoms with Crippen LogP contribution in [0.3, 0.4) is 0 Å². The number of nitrogens with zero attached hydrogens (tertiary/aromatic N) is 3. The third kappa shape index (κ3) is 2.81. The molecule has 1 aliphatic rings. The molecule has 11 heteroatoms. The van der Waals surface area contributed by atoms with E-state index in [9.17, 15) is 33.8 Å². The molecule has 1 aromatic heterocycles. The zero-order valence-corrected chi connectivity index (χ0v) is 12.7. The van der Waals surface area contributed by atoms with Crippen LogP contribution in [-0.2, 0) is 6.18 Å². The number of hydrogen-bond donors (Lipinski definition) is 1. The highest BCUT2D eigenvalue weighted by atomic mass is 19.4. The molecule has 8 nitrogen and oxygen atoms in total. The number of alkyl halides is 3. The third-order valence-electron chi connectivity index (χ3n) is 4.01. The molecule has 26 heavy (non-hydrogen) atoms. The molecule has 1 aromatic carbocycles. The van der Waals surface area contributed by atoms with Crippen LogP contribution in [0.5, 0.6) is 0 Å². The molecule has 134 valence electrons. The van der Waals surface area contributed by atoms with Gasteiger partial charge in [-0.3, -0.25) is 0 Å². The molecule has 0 aliphatic heterocycles. The summed E-state index contributed by atoms with van der Waals surface area (Å²) in [6.45, 7) is 0. The van der Waals surface area contributed by atoms with Crippen LogP contribution in [0, 0.1) is 32.6 Å². The summed E-state index contributed by atoms with van der Waals surface area (Å²) in [5, 5.41) is 34.6. The lowest BCUT2D eigenvalue weighted by atomic mass is 9.80. The fraction of sp³-hybridized carbons (Fsp3) is 0.200. The van der Waals surface area contributed by atoms with Gasteiger partial charge in [-0.2, -0.15) is 23.3 Å². The molecule has 2 unspecified atom stereocenters. The zero-order valence-electron chi connectivity index (χ0n) is 12.7. The van der Waals surface area contributed by atoms with Crippen molar-refractivity contribution in [3.05, 3.63) is 68.2 Å². The second-order valence-electron chi connectivity index (χ2n) is 5.46. The average Bonchev–Trinajstić information content (AvgIpc) is 2.96. The summed E-state index contributed by atoms with van der Waals surface area (Å²) in [4.78, 5) is 10.7. The van der Waals surface area contributed by atoms with Crippen LogP contribution in [0.15, 0.2) is 35.0 Å². The Morgan fingerprint density at radius 2 is 1.96 bits per heavy atom. The topological polar surface area (TPSA) is 125 Å². The zero-order chi connectivity index (χ0) is 19.1. The summed E-state index contributed by atoms with van der Waals surface area (Å²) in [7, 11) is 0. The first kappa shape index (κ1) is 17.3. The number of benzene rings is 1. The van der Waals surface area contributed by atoms with Crippen molar-refractivity contribution in [2.24, 2.45) is 5.92 Å². The average molecular weight is 366 g/mol. The van der Waals surface area contributed by atoms with Crippen molar-refractivity contribution in [3.63, 3.8) is 0 Å². The standard InChI is InChI=1S/C15H9F3N4O4/c16-15(17,18)9-3-1-8(2-4-9)11(7-19)10-5-6-12-13(14(10)21(23)24)20-26-22(12)25/h1-6,10-11,20H. The number of nitriles is 1. The molecule has 0 fully saturated rings. The van der Waals surface area contributed by atoms with Crippen LogP contribution < -0.4 is 4.60 Å². The molecule has 0 amide bonds. The van der Waals surface area contributed by atoms with Crippen molar-refractivity contribution in [2.75, 3.05) is 0 Å². The fourth-order valence-electron chi connectivity index (χ4n) is 2.78. The summed E-state index contributed by atoms with van der Waals surface area (Å²) in [5.74, 6) is -2.22. The van der Waals surface area contributed by atoms with Crippen LogP contribution >= 0.6 is 0 Å². The van der Waals surface area contributed by atoms with Gasteiger partial charge in [0.2, 0.25) is 0 Å². The van der Waals surface area contributed by atoms with Gasteiger partial charge < -0.3 is 10.4 Å². The van der Waals surface area contributed by atoms with E-state index in [1.165, 1.54) is 12.2 Å². The molecule has 0 saturated heterocycles. The van der Waals surface area contributed by atoms with Crippen LogP contribution in [-0.4, -0.2) is 15.8 Å². The van der Waals surface area contributed by atoms with E-state index in [1.807, 2.05) is 6.07 Å². The minimum absolute atomic E-state index is 0.0467. The smallest absolute Gasteiger partial charge is 0.416 e. The Labute approximate surface area is 142 Å². The van der Waals surface area contributed by atoms with Gasteiger partial charge in [0.25, 0.3) is 17.1 Å². The summed E-state index contributed by atoms with van der Waals surface area (Å²) in [5.41, 5.74) is -1.51. The van der Waals surface area contributed by atoms with E-state index in [1.54, 1.807) is 0 Å². The Morgan fingerprint density at radius 3 is 2.50 bits per heavy atom. The van der Waals surface area contributed by atoms with Crippen molar-refractivity contribution in [1.82, 2.24) is 5.16 Å². The quantitative estimate of drug-likeness (QED) is 0.645. The number of aromatic nitrogens is 2. The normalized spacial score (nSPS) is 17.5. The lowest BCUT2D eigenvalue weighted by molar-refractivity contribution is -0.714. The largest absolute Gasteiger partial charge is 0.612 e. The first-order valence-electron chi connectivity index (χ1n) is 7.15. The predicted octanol–water partition coefficient (Wildman–Crippen LogP) is 2.29. The second kappa shape index (κ2) is 6.07. The van der Waals surface area contributed by atoms with E-state index in [0.717, 1.165) is 24.3 Å². The van der Waals surface area contributed by atoms with Gasteiger partial charge in [-0.05, 0) is 28.7 Å². The Morgan fingerprint density at radius 1 is 1.31 bits per heavy atom. The first-order chi connectivity index (χ1) is 12.2. The van der Waals surface area contributed by atoms with Gasteiger partial charge in [0, 0.05) is 0 Å². The van der Waals surface area contributed by atoms with Gasteiger partial charge in [-0.25, -0.2) is 0 Å². The van der Waals surface area contributed by atoms with Gasteiger partial charge in [0.05, 0.1) is 23.5 Å². The molecule has 1 heterocycles. The van der Waals surface area contributed by atoms with Gasteiger partial charge in [-0.1, -0.05) is 28.0 Å². The van der Waals surface area contributed by atoms with Gasteiger partial charge in [0.1, 0.15) is 0 Å². The number of hydrogen-bond acceptors (Lipinski definition) is 5. The van der Waals surface area contributed by atoms with Crippen LogP contribution in [0.25, 0.3) is 6.08 Å². The molecule has 0 radical (unpaired) electrons. The van der Waals surface area contributed by atoms with Crippen molar-refractivity contribution in [2.45, 2.75) is 12.1 Å². The number of rotatable bonds is 2. The van der Waals surface area contributed by atoms with Crippen LogP contribution in [0.4, 0.5) is 13.2 Å². The molecule has 2 atom stereocenters. The third-order valence-corrected chi connectivity index (χ3v) is 4.01. The van der Waals surface area contributed by atoms with Crippen molar-refractivity contribution >= 4 is 11.8 Å². The maximum Gasteiger partial charge on any atom is 0.416 e. The molecular formula is C15H9F3N4O4. The predicted molar refractivity (Wildman–Crippen MR) is 79.9 cm³/mol. The van der Waals surface area contributed by atoms with E-state index < -0.39 is 34.2 Å². The van der Waals surface area contributed by atoms with Gasteiger partial charge in [0.15, 0.2) is 4.60 Å². The molecule has 1 N–H and O–H groups in total. The Balaban J connectivity index is 2.05. The van der Waals surface area contributed by atoms with E-state index in [0.29, 0.717) is 0 Å². The van der Waals surface area contributed by atoms with Crippen LogP contribution in [0.2, 0.25) is 0 Å². The van der Waals surface area contributed by atoms with Crippen molar-refractivity contribution < 1.29 is 27.3 Å². The summed E-state index contributed by atoms with van der Waals surface area (Å²) in [6, 6.07) is 5.69. The second-order valence-corrected chi connectivity index (χ2v) is 5.46. The number of H-pyrrole nitrogens is 1. The monoisotopic (exact) mass is 366 g/mol. The number of aromatic amines is 1. The van der Waals surface area contributed by atoms with Gasteiger partial charge >= 0.3 is 6.18 Å². The van der Waals surface area contributed by atoms with E-state index in [-0.39, 0.29) is 21.6 Å². The fourth-order valence-corrected chi connectivity index (χ4v) is 2.78. The van der Waals surface area contributed by atoms with Crippen molar-refractivity contribution in [1.29, 1.82) is 5.26 Å². The Hall–Kier alpha value is -3.55. The van der Waals surface area contributed by atoms with E-state index in [2.05, 4.69) is 9.79 Å².